The van der Waals surface area contributed by atoms with E-state index in [9.17, 15) is 21.6 Å². The second-order valence-corrected chi connectivity index (χ2v) is 5.00. The van der Waals surface area contributed by atoms with Crippen molar-refractivity contribution >= 4 is 15.9 Å². The lowest BCUT2D eigenvalue weighted by molar-refractivity contribution is -0.138. The quantitative estimate of drug-likeness (QED) is 0.772. The number of nitrogens with two attached hydrogens (primary N) is 1. The van der Waals surface area contributed by atoms with Gasteiger partial charge >= 0.3 is 6.18 Å². The van der Waals surface area contributed by atoms with Crippen LogP contribution in [0.1, 0.15) is 11.1 Å². The Kier molecular flexibility index (Phi) is 4.20. The van der Waals surface area contributed by atoms with Crippen LogP contribution < -0.4 is 15.2 Å². The minimum Gasteiger partial charge on any atom is -0.326 e. The molecule has 0 saturated carbocycles. The average Bonchev–Trinajstić information content (AvgIpc) is 2.27. The molecule has 5 nitrogen and oxygen atoms in total. The zero-order valence-electron chi connectivity index (χ0n) is 9.38. The highest BCUT2D eigenvalue weighted by atomic mass is 32.2. The minimum atomic E-state index is -4.59. The summed E-state index contributed by atoms with van der Waals surface area (Å²) in [5, 5.41) is 0. The van der Waals surface area contributed by atoms with Crippen molar-refractivity contribution in [2.45, 2.75) is 12.7 Å². The fourth-order valence-electron chi connectivity index (χ4n) is 1.29. The van der Waals surface area contributed by atoms with E-state index in [4.69, 9.17) is 5.73 Å². The molecular weight excluding hydrogens is 271 g/mol. The Morgan fingerprint density at radius 3 is 2.39 bits per heavy atom. The van der Waals surface area contributed by atoms with Crippen molar-refractivity contribution in [2.24, 2.45) is 5.73 Å². The van der Waals surface area contributed by atoms with Crippen molar-refractivity contribution < 1.29 is 21.6 Å². The molecule has 0 aliphatic carbocycles. The van der Waals surface area contributed by atoms with Gasteiger partial charge in [0.05, 0.1) is 11.3 Å². The summed E-state index contributed by atoms with van der Waals surface area (Å²) in [6.45, 7) is -0.284. The number of alkyl halides is 3. The SMILES string of the molecule is CNS(=O)(=O)Nc1ccc(CN)c(C(F)(F)F)c1. The molecule has 4 N–H and O–H groups in total. The number of hydrogen-bond acceptors (Lipinski definition) is 3. The molecule has 0 spiro atoms. The zero-order chi connectivity index (χ0) is 14.0. The monoisotopic (exact) mass is 283 g/mol. The Bertz CT molecular complexity index is 528. The Morgan fingerprint density at radius 2 is 1.94 bits per heavy atom. The molecule has 0 fully saturated rings. The third kappa shape index (κ3) is 3.59. The maximum atomic E-state index is 12.7. The predicted molar refractivity (Wildman–Crippen MR) is 60.9 cm³/mol. The number of anilines is 1. The van der Waals surface area contributed by atoms with E-state index in [1.807, 2.05) is 9.44 Å². The van der Waals surface area contributed by atoms with Gasteiger partial charge in [-0.1, -0.05) is 6.07 Å². The van der Waals surface area contributed by atoms with E-state index >= 15 is 0 Å². The lowest BCUT2D eigenvalue weighted by Crippen LogP contribution is -2.26. The minimum absolute atomic E-state index is 0.102. The highest BCUT2D eigenvalue weighted by Crippen LogP contribution is 2.33. The fourth-order valence-corrected chi connectivity index (χ4v) is 1.83. The van der Waals surface area contributed by atoms with E-state index in [0.717, 1.165) is 13.1 Å². The summed E-state index contributed by atoms with van der Waals surface area (Å²) >= 11 is 0. The van der Waals surface area contributed by atoms with Gasteiger partial charge in [-0.05, 0) is 17.7 Å². The Morgan fingerprint density at radius 1 is 1.33 bits per heavy atom. The lowest BCUT2D eigenvalue weighted by atomic mass is 10.1. The fraction of sp³-hybridized carbons (Fsp3) is 0.333. The molecule has 0 saturated heterocycles. The summed E-state index contributed by atoms with van der Waals surface area (Å²) < 4.78 is 64.2. The van der Waals surface area contributed by atoms with Crippen LogP contribution in [0.5, 0.6) is 0 Å². The first-order valence-corrected chi connectivity index (χ1v) is 6.29. The molecule has 1 aromatic carbocycles. The largest absolute Gasteiger partial charge is 0.416 e. The van der Waals surface area contributed by atoms with E-state index < -0.39 is 21.9 Å². The van der Waals surface area contributed by atoms with Crippen LogP contribution in [-0.4, -0.2) is 15.5 Å². The first kappa shape index (κ1) is 14.7. The maximum Gasteiger partial charge on any atom is 0.416 e. The van der Waals surface area contributed by atoms with E-state index in [-0.39, 0.29) is 17.8 Å². The van der Waals surface area contributed by atoms with E-state index in [2.05, 4.69) is 0 Å². The molecule has 102 valence electrons. The molecule has 0 radical (unpaired) electrons. The van der Waals surface area contributed by atoms with Gasteiger partial charge in [0, 0.05) is 13.6 Å². The summed E-state index contributed by atoms with van der Waals surface area (Å²) in [5.74, 6) is 0. The van der Waals surface area contributed by atoms with Gasteiger partial charge in [0.2, 0.25) is 0 Å². The van der Waals surface area contributed by atoms with Crippen molar-refractivity contribution in [1.29, 1.82) is 0 Å². The summed E-state index contributed by atoms with van der Waals surface area (Å²) in [7, 11) is -2.71. The van der Waals surface area contributed by atoms with Crippen LogP contribution in [0.3, 0.4) is 0 Å². The normalized spacial score (nSPS) is 12.5. The molecule has 9 heteroatoms. The molecule has 0 unspecified atom stereocenters. The van der Waals surface area contributed by atoms with Crippen molar-refractivity contribution in [3.05, 3.63) is 29.3 Å². The van der Waals surface area contributed by atoms with Crippen LogP contribution in [0, 0.1) is 0 Å². The van der Waals surface area contributed by atoms with Gasteiger partial charge in [0.25, 0.3) is 10.2 Å². The van der Waals surface area contributed by atoms with E-state index in [0.29, 0.717) is 6.07 Å². The average molecular weight is 283 g/mol. The third-order valence-electron chi connectivity index (χ3n) is 2.16. The molecule has 1 aromatic rings. The first-order chi connectivity index (χ1) is 8.19. The van der Waals surface area contributed by atoms with Gasteiger partial charge in [0.1, 0.15) is 0 Å². The van der Waals surface area contributed by atoms with Crippen LogP contribution in [0.25, 0.3) is 0 Å². The number of nitrogens with one attached hydrogen (secondary N) is 2. The second kappa shape index (κ2) is 5.12. The van der Waals surface area contributed by atoms with Crippen LogP contribution in [-0.2, 0) is 22.9 Å². The van der Waals surface area contributed by atoms with E-state index in [1.165, 1.54) is 6.07 Å². The van der Waals surface area contributed by atoms with Gasteiger partial charge in [-0.2, -0.15) is 21.6 Å². The lowest BCUT2D eigenvalue weighted by Gasteiger charge is -2.14. The summed E-state index contributed by atoms with van der Waals surface area (Å²) in [6.07, 6.45) is -4.59. The van der Waals surface area contributed by atoms with Gasteiger partial charge in [-0.15, -0.1) is 0 Å². The molecule has 0 bridgehead atoms. The standard InChI is InChI=1S/C9H12F3N3O2S/c1-14-18(16,17)15-7-3-2-6(5-13)8(4-7)9(10,11)12/h2-4,14-15H,5,13H2,1H3. The molecule has 0 atom stereocenters. The molecular formula is C9H12F3N3O2S. The summed E-state index contributed by atoms with van der Waals surface area (Å²) in [5.41, 5.74) is 3.95. The van der Waals surface area contributed by atoms with Gasteiger partial charge in [-0.25, -0.2) is 4.72 Å². The molecule has 18 heavy (non-hydrogen) atoms. The predicted octanol–water partition coefficient (Wildman–Crippen LogP) is 1.04. The van der Waals surface area contributed by atoms with Crippen molar-refractivity contribution in [1.82, 2.24) is 4.72 Å². The highest BCUT2D eigenvalue weighted by molar-refractivity contribution is 7.90. The topological polar surface area (TPSA) is 84.2 Å². The Labute approximate surface area is 102 Å². The second-order valence-electron chi connectivity index (χ2n) is 3.38. The maximum absolute atomic E-state index is 12.7. The Balaban J connectivity index is 3.20. The van der Waals surface area contributed by atoms with Gasteiger partial charge in [-0.3, -0.25) is 4.72 Å². The Hall–Kier alpha value is -1.32. The zero-order valence-corrected chi connectivity index (χ0v) is 10.2. The van der Waals surface area contributed by atoms with Crippen LogP contribution in [0.2, 0.25) is 0 Å². The van der Waals surface area contributed by atoms with Crippen LogP contribution >= 0.6 is 0 Å². The first-order valence-electron chi connectivity index (χ1n) is 4.81. The molecule has 1 rings (SSSR count). The van der Waals surface area contributed by atoms with Crippen LogP contribution in [0.15, 0.2) is 18.2 Å². The van der Waals surface area contributed by atoms with E-state index in [1.54, 1.807) is 0 Å². The number of hydrogen-bond donors (Lipinski definition) is 3. The third-order valence-corrected chi connectivity index (χ3v) is 3.20. The van der Waals surface area contributed by atoms with Gasteiger partial charge < -0.3 is 5.73 Å². The summed E-state index contributed by atoms with van der Waals surface area (Å²) in [6, 6.07) is 3.06. The smallest absolute Gasteiger partial charge is 0.326 e. The molecule has 0 aliphatic heterocycles. The molecule has 0 amide bonds. The molecule has 0 aromatic heterocycles. The van der Waals surface area contributed by atoms with Crippen molar-refractivity contribution in [3.8, 4) is 0 Å². The number of rotatable bonds is 4. The van der Waals surface area contributed by atoms with Crippen molar-refractivity contribution in [3.63, 3.8) is 0 Å². The highest BCUT2D eigenvalue weighted by Gasteiger charge is 2.33. The molecule has 0 aliphatic rings. The number of benzene rings is 1. The van der Waals surface area contributed by atoms with Crippen molar-refractivity contribution in [2.75, 3.05) is 11.8 Å². The molecule has 0 heterocycles. The van der Waals surface area contributed by atoms with Crippen LogP contribution in [0.4, 0.5) is 18.9 Å². The number of halogens is 3. The summed E-state index contributed by atoms with van der Waals surface area (Å²) in [4.78, 5) is 0. The van der Waals surface area contributed by atoms with Gasteiger partial charge in [0.15, 0.2) is 0 Å².